The fourth-order valence-corrected chi connectivity index (χ4v) is 4.47. The highest BCUT2D eigenvalue weighted by Gasteiger charge is 2.35. The molecule has 7 nitrogen and oxygen atoms in total. The van der Waals surface area contributed by atoms with Gasteiger partial charge in [0.15, 0.2) is 6.10 Å². The summed E-state index contributed by atoms with van der Waals surface area (Å²) in [6, 6.07) is 5.76. The molecule has 2 aromatic rings. The Bertz CT molecular complexity index is 987. The third kappa shape index (κ3) is 5.56. The van der Waals surface area contributed by atoms with E-state index in [1.54, 1.807) is 12.1 Å². The molecule has 0 spiro atoms. The van der Waals surface area contributed by atoms with Crippen LogP contribution in [-0.4, -0.2) is 80.5 Å². The third-order valence-corrected chi connectivity index (χ3v) is 6.05. The van der Waals surface area contributed by atoms with Crippen LogP contribution in [0.2, 0.25) is 0 Å². The Hall–Kier alpha value is -2.43. The number of benzene rings is 1. The van der Waals surface area contributed by atoms with Gasteiger partial charge in [-0.3, -0.25) is 9.78 Å². The van der Waals surface area contributed by atoms with Crippen molar-refractivity contribution in [3.8, 4) is 0 Å². The minimum atomic E-state index is -4.50. The molecule has 33 heavy (non-hydrogen) atoms. The number of aromatic nitrogens is 1. The Morgan fingerprint density at radius 1 is 1.24 bits per heavy atom. The lowest BCUT2D eigenvalue weighted by Crippen LogP contribution is -2.53. The van der Waals surface area contributed by atoms with Gasteiger partial charge >= 0.3 is 6.18 Å². The van der Waals surface area contributed by atoms with Crippen molar-refractivity contribution in [3.05, 3.63) is 36.0 Å². The van der Waals surface area contributed by atoms with Crippen LogP contribution in [0.4, 0.5) is 18.9 Å². The van der Waals surface area contributed by atoms with Gasteiger partial charge in [-0.25, -0.2) is 0 Å². The highest BCUT2D eigenvalue weighted by atomic mass is 19.4. The zero-order valence-corrected chi connectivity index (χ0v) is 18.8. The van der Waals surface area contributed by atoms with Crippen molar-refractivity contribution >= 4 is 22.5 Å². The minimum Gasteiger partial charge on any atom is -0.375 e. The van der Waals surface area contributed by atoms with Crippen LogP contribution in [0.3, 0.4) is 0 Å². The molecule has 0 saturated carbocycles. The maximum absolute atomic E-state index is 13.5. The van der Waals surface area contributed by atoms with Crippen LogP contribution in [0.5, 0.6) is 0 Å². The average molecular weight is 467 g/mol. The monoisotopic (exact) mass is 466 g/mol. The lowest BCUT2D eigenvalue weighted by molar-refractivity contribution is -0.137. The highest BCUT2D eigenvalue weighted by Crippen LogP contribution is 2.38. The molecule has 0 bridgehead atoms. The molecule has 3 atom stereocenters. The maximum Gasteiger partial charge on any atom is 0.418 e. The Labute approximate surface area is 190 Å². The average Bonchev–Trinajstić information content (AvgIpc) is 2.77. The smallest absolute Gasteiger partial charge is 0.375 e. The van der Waals surface area contributed by atoms with Crippen LogP contribution in [0, 0.1) is 0 Å². The van der Waals surface area contributed by atoms with Crippen molar-refractivity contribution in [3.63, 3.8) is 0 Å². The summed E-state index contributed by atoms with van der Waals surface area (Å²) in [5, 5.41) is 3.33. The number of nitrogens with zero attached hydrogens (tertiary/aromatic N) is 3. The SMILES string of the molecule is C[C@@H]1CN(c2ccc(C(F)(F)F)c3ncccc23)C[C@H](C(=O)NCC[C@H]2CN(C)CCO2)O1. The maximum atomic E-state index is 13.5. The summed E-state index contributed by atoms with van der Waals surface area (Å²) in [6.07, 6.45) is -3.35. The van der Waals surface area contributed by atoms with Crippen molar-refractivity contribution in [1.29, 1.82) is 0 Å². The molecule has 0 aliphatic carbocycles. The lowest BCUT2D eigenvalue weighted by Gasteiger charge is -2.38. The first kappa shape index (κ1) is 23.7. The number of hydrogen-bond donors (Lipinski definition) is 1. The van der Waals surface area contributed by atoms with Gasteiger partial charge in [-0.05, 0) is 44.7 Å². The molecule has 2 aliphatic heterocycles. The van der Waals surface area contributed by atoms with E-state index in [4.69, 9.17) is 9.47 Å². The number of carbonyl (C=O) groups excluding carboxylic acids is 1. The Morgan fingerprint density at radius 2 is 2.06 bits per heavy atom. The molecule has 2 aliphatic rings. The van der Waals surface area contributed by atoms with E-state index in [0.717, 1.165) is 19.2 Å². The molecule has 0 unspecified atom stereocenters. The number of fused-ring (bicyclic) bond motifs is 1. The van der Waals surface area contributed by atoms with E-state index in [9.17, 15) is 18.0 Å². The second-order valence-electron chi connectivity index (χ2n) is 8.70. The summed E-state index contributed by atoms with van der Waals surface area (Å²) >= 11 is 0. The van der Waals surface area contributed by atoms with Gasteiger partial charge in [-0.2, -0.15) is 13.2 Å². The summed E-state index contributed by atoms with van der Waals surface area (Å²) in [4.78, 5) is 20.9. The fourth-order valence-electron chi connectivity index (χ4n) is 4.47. The van der Waals surface area contributed by atoms with Crippen LogP contribution >= 0.6 is 0 Å². The number of rotatable bonds is 5. The van der Waals surface area contributed by atoms with E-state index in [1.165, 1.54) is 12.3 Å². The van der Waals surface area contributed by atoms with Gasteiger partial charge in [-0.1, -0.05) is 0 Å². The van der Waals surface area contributed by atoms with E-state index in [2.05, 4.69) is 15.2 Å². The summed E-state index contributed by atoms with van der Waals surface area (Å²) in [7, 11) is 2.04. The normalized spacial score (nSPS) is 24.8. The number of amides is 1. The predicted octanol–water partition coefficient (Wildman–Crippen LogP) is 2.68. The standard InChI is InChI=1S/C23H29F3N4O3/c1-15-12-30(19-6-5-18(23(24,25)26)21-17(19)4-3-8-27-21)14-20(33-15)22(31)28-9-7-16-13-29(2)10-11-32-16/h3-6,8,15-16,20H,7,9-14H2,1-2H3,(H,28,31)/t15-,16+,20-/m1/s1. The van der Waals surface area contributed by atoms with E-state index in [0.29, 0.717) is 37.2 Å². The molecule has 2 fully saturated rings. The number of hydrogen-bond acceptors (Lipinski definition) is 6. The first-order chi connectivity index (χ1) is 15.7. The van der Waals surface area contributed by atoms with E-state index in [-0.39, 0.29) is 30.2 Å². The fraction of sp³-hybridized carbons (Fsp3) is 0.565. The predicted molar refractivity (Wildman–Crippen MR) is 118 cm³/mol. The number of halogens is 3. The van der Waals surface area contributed by atoms with Gasteiger partial charge in [0, 0.05) is 43.4 Å². The molecule has 1 aromatic carbocycles. The number of likely N-dealkylation sites (N-methyl/N-ethyl adjacent to an activating group) is 1. The summed E-state index contributed by atoms with van der Waals surface area (Å²) in [6.45, 7) is 5.44. The van der Waals surface area contributed by atoms with Gasteiger partial charge in [0.2, 0.25) is 0 Å². The molecular formula is C23H29F3N4O3. The first-order valence-electron chi connectivity index (χ1n) is 11.2. The largest absolute Gasteiger partial charge is 0.418 e. The van der Waals surface area contributed by atoms with Gasteiger partial charge in [0.1, 0.15) is 0 Å². The number of alkyl halides is 3. The zero-order chi connectivity index (χ0) is 23.6. The highest BCUT2D eigenvalue weighted by molar-refractivity contribution is 5.94. The topological polar surface area (TPSA) is 66.9 Å². The molecule has 1 aromatic heterocycles. The van der Waals surface area contributed by atoms with Crippen LogP contribution < -0.4 is 10.2 Å². The number of anilines is 1. The second-order valence-corrected chi connectivity index (χ2v) is 8.70. The molecular weight excluding hydrogens is 437 g/mol. The number of ether oxygens (including phenoxy) is 2. The number of carbonyl (C=O) groups is 1. The van der Waals surface area contributed by atoms with Crippen molar-refractivity contribution < 1.29 is 27.4 Å². The molecule has 1 amide bonds. The van der Waals surface area contributed by atoms with Crippen molar-refractivity contribution in [2.75, 3.05) is 51.3 Å². The van der Waals surface area contributed by atoms with Crippen LogP contribution in [0.25, 0.3) is 10.9 Å². The van der Waals surface area contributed by atoms with E-state index >= 15 is 0 Å². The van der Waals surface area contributed by atoms with Crippen molar-refractivity contribution in [1.82, 2.24) is 15.2 Å². The number of pyridine rings is 1. The zero-order valence-electron chi connectivity index (χ0n) is 18.8. The van der Waals surface area contributed by atoms with Gasteiger partial charge in [0.05, 0.1) is 36.4 Å². The Kier molecular flexibility index (Phi) is 7.06. The quantitative estimate of drug-likeness (QED) is 0.731. The molecule has 2 saturated heterocycles. The van der Waals surface area contributed by atoms with Gasteiger partial charge < -0.3 is 24.6 Å². The first-order valence-corrected chi connectivity index (χ1v) is 11.2. The van der Waals surface area contributed by atoms with Gasteiger partial charge in [0.25, 0.3) is 5.91 Å². The number of nitrogens with one attached hydrogen (secondary N) is 1. The molecule has 180 valence electrons. The Balaban J connectivity index is 1.45. The summed E-state index contributed by atoms with van der Waals surface area (Å²) < 4.78 is 52.0. The van der Waals surface area contributed by atoms with Crippen molar-refractivity contribution in [2.24, 2.45) is 0 Å². The van der Waals surface area contributed by atoms with E-state index in [1.807, 2.05) is 18.9 Å². The summed E-state index contributed by atoms with van der Waals surface area (Å²) in [5.41, 5.74) is -0.259. The van der Waals surface area contributed by atoms with Crippen LogP contribution in [0.1, 0.15) is 18.9 Å². The van der Waals surface area contributed by atoms with Crippen LogP contribution in [0.15, 0.2) is 30.5 Å². The lowest BCUT2D eigenvalue weighted by atomic mass is 10.0. The van der Waals surface area contributed by atoms with Gasteiger partial charge in [-0.15, -0.1) is 0 Å². The third-order valence-electron chi connectivity index (χ3n) is 6.05. The second kappa shape index (κ2) is 9.82. The number of morpholine rings is 2. The molecule has 10 heteroatoms. The Morgan fingerprint density at radius 3 is 2.82 bits per heavy atom. The van der Waals surface area contributed by atoms with Crippen molar-refractivity contribution in [2.45, 2.75) is 37.8 Å². The van der Waals surface area contributed by atoms with Crippen LogP contribution in [-0.2, 0) is 20.4 Å². The minimum absolute atomic E-state index is 0.0813. The molecule has 0 radical (unpaired) electrons. The molecule has 3 heterocycles. The molecule has 1 N–H and O–H groups in total. The summed E-state index contributed by atoms with van der Waals surface area (Å²) in [5.74, 6) is -0.231. The molecule has 4 rings (SSSR count). The van der Waals surface area contributed by atoms with E-state index < -0.39 is 17.8 Å².